The molecule has 0 saturated carbocycles. The van der Waals surface area contributed by atoms with Crippen LogP contribution < -0.4 is 10.2 Å². The van der Waals surface area contributed by atoms with E-state index in [-0.39, 0.29) is 5.91 Å². The number of amides is 1. The van der Waals surface area contributed by atoms with Crippen LogP contribution in [0.2, 0.25) is 0 Å². The smallest absolute Gasteiger partial charge is 0.259 e. The second-order valence-corrected chi connectivity index (χ2v) is 7.66. The van der Waals surface area contributed by atoms with Crippen molar-refractivity contribution in [3.8, 4) is 0 Å². The molecule has 0 unspecified atom stereocenters. The number of hydrogen-bond acceptors (Lipinski definition) is 3. The number of carbonyl (C=O) groups is 1. The summed E-state index contributed by atoms with van der Waals surface area (Å²) in [6, 6.07) is 20.2. The van der Waals surface area contributed by atoms with Gasteiger partial charge in [-0.1, -0.05) is 36.4 Å². The lowest BCUT2D eigenvalue weighted by molar-refractivity contribution is 0.0985. The molecule has 0 fully saturated rings. The fraction of sp³-hybridized carbons (Fsp3) is 0.200. The lowest BCUT2D eigenvalue weighted by Crippen LogP contribution is -2.35. The van der Waals surface area contributed by atoms with Crippen LogP contribution in [0.4, 0.5) is 11.5 Å². The van der Waals surface area contributed by atoms with E-state index in [0.717, 1.165) is 49.4 Å². The van der Waals surface area contributed by atoms with Gasteiger partial charge in [0, 0.05) is 42.1 Å². The van der Waals surface area contributed by atoms with Crippen LogP contribution in [0.5, 0.6) is 0 Å². The number of pyridine rings is 1. The molecule has 0 atom stereocenters. The van der Waals surface area contributed by atoms with Crippen molar-refractivity contribution in [3.05, 3.63) is 89.7 Å². The number of benzene rings is 2. The predicted octanol–water partition coefficient (Wildman–Crippen LogP) is 4.81. The van der Waals surface area contributed by atoms with Crippen LogP contribution in [-0.4, -0.2) is 29.0 Å². The molecule has 150 valence electrons. The normalized spacial score (nSPS) is 13.3. The quantitative estimate of drug-likeness (QED) is 0.509. The number of fused-ring (bicyclic) bond motifs is 2. The van der Waals surface area contributed by atoms with Gasteiger partial charge in [0.2, 0.25) is 0 Å². The van der Waals surface area contributed by atoms with Crippen LogP contribution in [0, 0.1) is 0 Å². The number of nitrogens with one attached hydrogen (secondary N) is 2. The number of anilines is 2. The summed E-state index contributed by atoms with van der Waals surface area (Å²) in [7, 11) is 0. The zero-order valence-corrected chi connectivity index (χ0v) is 16.8. The van der Waals surface area contributed by atoms with Crippen LogP contribution in [0.1, 0.15) is 27.9 Å². The minimum atomic E-state index is 0.0139. The molecule has 4 aromatic rings. The molecule has 1 aliphatic heterocycles. The molecule has 30 heavy (non-hydrogen) atoms. The summed E-state index contributed by atoms with van der Waals surface area (Å²) in [5.41, 5.74) is 5.32. The van der Waals surface area contributed by atoms with Crippen LogP contribution in [0.3, 0.4) is 0 Å². The van der Waals surface area contributed by atoms with Crippen molar-refractivity contribution in [1.29, 1.82) is 0 Å². The Morgan fingerprint density at radius 1 is 1.07 bits per heavy atom. The Hall–Kier alpha value is -3.60. The Labute approximate surface area is 175 Å². The Bertz CT molecular complexity index is 1180. The maximum atomic E-state index is 13.0. The number of carbonyl (C=O) groups excluding carboxylic acids is 1. The summed E-state index contributed by atoms with van der Waals surface area (Å²) in [5, 5.41) is 4.62. The second-order valence-electron chi connectivity index (χ2n) is 7.66. The fourth-order valence-corrected chi connectivity index (χ4v) is 4.19. The number of aryl methyl sites for hydroxylation is 1. The van der Waals surface area contributed by atoms with Crippen LogP contribution in [-0.2, 0) is 12.8 Å². The largest absolute Gasteiger partial charge is 0.370 e. The van der Waals surface area contributed by atoms with Gasteiger partial charge in [-0.3, -0.25) is 4.79 Å². The summed E-state index contributed by atoms with van der Waals surface area (Å²) >= 11 is 0. The zero-order chi connectivity index (χ0) is 20.3. The van der Waals surface area contributed by atoms with Crippen LogP contribution >= 0.6 is 0 Å². The highest BCUT2D eigenvalue weighted by molar-refractivity contribution is 6.06. The number of para-hydroxylation sites is 2. The van der Waals surface area contributed by atoms with Gasteiger partial charge in [0.25, 0.3) is 5.91 Å². The Morgan fingerprint density at radius 3 is 2.83 bits per heavy atom. The van der Waals surface area contributed by atoms with Crippen molar-refractivity contribution in [1.82, 2.24) is 9.97 Å². The Kier molecular flexibility index (Phi) is 4.93. The Morgan fingerprint density at radius 2 is 1.93 bits per heavy atom. The maximum Gasteiger partial charge on any atom is 0.259 e. The van der Waals surface area contributed by atoms with E-state index in [2.05, 4.69) is 45.7 Å². The van der Waals surface area contributed by atoms with Gasteiger partial charge in [-0.15, -0.1) is 0 Å². The molecular formula is C25H24N4O. The molecule has 0 spiro atoms. The van der Waals surface area contributed by atoms with Crippen molar-refractivity contribution in [2.24, 2.45) is 0 Å². The first-order valence-corrected chi connectivity index (χ1v) is 10.4. The first kappa shape index (κ1) is 18.4. The summed E-state index contributed by atoms with van der Waals surface area (Å²) in [6.45, 7) is 1.53. The molecule has 5 nitrogen and oxygen atoms in total. The topological polar surface area (TPSA) is 61.0 Å². The predicted molar refractivity (Wildman–Crippen MR) is 121 cm³/mol. The summed E-state index contributed by atoms with van der Waals surface area (Å²) in [5.74, 6) is 0.797. The lowest BCUT2D eigenvalue weighted by atomic mass is 10.0. The standard InChI is InChI=1S/C25H24N4O/c30-25(29-15-5-7-18-6-1-4-10-23(18)29)20-11-12-24(28-17-20)26-14-13-19-16-27-22-9-3-2-8-21(19)22/h1-4,6,8-12,16-17,27H,5,7,13-15H2,(H,26,28). The third-order valence-electron chi connectivity index (χ3n) is 5.74. The van der Waals surface area contributed by atoms with Gasteiger partial charge in [-0.2, -0.15) is 0 Å². The van der Waals surface area contributed by atoms with Gasteiger partial charge in [0.05, 0.1) is 5.56 Å². The average molecular weight is 396 g/mol. The van der Waals surface area contributed by atoms with Crippen molar-refractivity contribution in [3.63, 3.8) is 0 Å². The van der Waals surface area contributed by atoms with E-state index in [1.165, 1.54) is 16.5 Å². The summed E-state index contributed by atoms with van der Waals surface area (Å²) < 4.78 is 0. The molecule has 0 aliphatic carbocycles. The highest BCUT2D eigenvalue weighted by Gasteiger charge is 2.23. The molecule has 0 radical (unpaired) electrons. The number of aromatic amines is 1. The average Bonchev–Trinajstić information content (AvgIpc) is 3.22. The summed E-state index contributed by atoms with van der Waals surface area (Å²) in [6.07, 6.45) is 6.66. The third-order valence-corrected chi connectivity index (χ3v) is 5.74. The van der Waals surface area contributed by atoms with Crippen molar-refractivity contribution in [2.75, 3.05) is 23.3 Å². The van der Waals surface area contributed by atoms with Gasteiger partial charge in [-0.05, 0) is 54.7 Å². The van der Waals surface area contributed by atoms with Gasteiger partial charge in [-0.25, -0.2) is 4.98 Å². The second kappa shape index (κ2) is 8.03. The molecule has 5 rings (SSSR count). The third kappa shape index (κ3) is 3.54. The molecule has 3 heterocycles. The van der Waals surface area contributed by atoms with Gasteiger partial charge in [0.15, 0.2) is 0 Å². The first-order valence-electron chi connectivity index (χ1n) is 10.4. The highest BCUT2D eigenvalue weighted by Crippen LogP contribution is 2.28. The highest BCUT2D eigenvalue weighted by atomic mass is 16.2. The lowest BCUT2D eigenvalue weighted by Gasteiger charge is -2.29. The van der Waals surface area contributed by atoms with E-state index in [4.69, 9.17) is 0 Å². The van der Waals surface area contributed by atoms with Crippen molar-refractivity contribution >= 4 is 28.3 Å². The monoisotopic (exact) mass is 396 g/mol. The first-order chi connectivity index (χ1) is 14.8. The number of H-pyrrole nitrogens is 1. The van der Waals surface area contributed by atoms with E-state index < -0.39 is 0 Å². The molecule has 5 heteroatoms. The summed E-state index contributed by atoms with van der Waals surface area (Å²) in [4.78, 5) is 22.7. The van der Waals surface area contributed by atoms with E-state index >= 15 is 0 Å². The van der Waals surface area contributed by atoms with E-state index in [0.29, 0.717) is 5.56 Å². The van der Waals surface area contributed by atoms with E-state index in [1.54, 1.807) is 6.20 Å². The van der Waals surface area contributed by atoms with Gasteiger partial charge >= 0.3 is 0 Å². The molecule has 2 N–H and O–H groups in total. The molecule has 2 aromatic heterocycles. The fourth-order valence-electron chi connectivity index (χ4n) is 4.19. The minimum absolute atomic E-state index is 0.0139. The zero-order valence-electron chi connectivity index (χ0n) is 16.8. The number of hydrogen-bond donors (Lipinski definition) is 2. The minimum Gasteiger partial charge on any atom is -0.370 e. The van der Waals surface area contributed by atoms with Crippen molar-refractivity contribution < 1.29 is 4.79 Å². The number of nitrogens with zero attached hydrogens (tertiary/aromatic N) is 2. The van der Waals surface area contributed by atoms with Gasteiger partial charge in [0.1, 0.15) is 5.82 Å². The van der Waals surface area contributed by atoms with Gasteiger partial charge < -0.3 is 15.2 Å². The Balaban J connectivity index is 1.23. The number of aromatic nitrogens is 2. The van der Waals surface area contributed by atoms with Crippen molar-refractivity contribution in [2.45, 2.75) is 19.3 Å². The molecule has 2 aromatic carbocycles. The molecule has 0 saturated heterocycles. The molecule has 0 bridgehead atoms. The van der Waals surface area contributed by atoms with E-state index in [1.807, 2.05) is 41.3 Å². The molecule has 1 aliphatic rings. The van der Waals surface area contributed by atoms with Crippen LogP contribution in [0.15, 0.2) is 73.1 Å². The SMILES string of the molecule is O=C(c1ccc(NCCc2c[nH]c3ccccc23)nc1)N1CCCc2ccccc21. The number of rotatable bonds is 5. The van der Waals surface area contributed by atoms with Crippen LogP contribution in [0.25, 0.3) is 10.9 Å². The molecule has 1 amide bonds. The van der Waals surface area contributed by atoms with E-state index in [9.17, 15) is 4.79 Å². The maximum absolute atomic E-state index is 13.0. The molecular weight excluding hydrogens is 372 g/mol.